The standard InChI is InChI=1S/C65H86O4P2/c1-43-26-34-55(51(38-43)62(11,12)13)68-71(69-58-37-31-48(61(8,9)10)42-54(58)65(20,21)22)50-25-23-24-45(39-50)44-27-32-49(33-28-44)70(66-56-35-29-46(59(2,3)4)40-52(56)63(14,15)16)67-57-36-30-47(60(5,6)7)41-53(57)64(17,18)19/h23-42H,1-22H3. The lowest BCUT2D eigenvalue weighted by atomic mass is 9.80. The molecular formula is C65H86O4P2. The maximum atomic E-state index is 7.22. The van der Waals surface area contributed by atoms with Gasteiger partial charge in [-0.2, -0.15) is 0 Å². The predicted octanol–water partition coefficient (Wildman–Crippen LogP) is 18.9. The van der Waals surface area contributed by atoms with E-state index in [2.05, 4.69) is 274 Å². The van der Waals surface area contributed by atoms with Crippen molar-refractivity contribution in [2.75, 3.05) is 0 Å². The van der Waals surface area contributed by atoms with Crippen LogP contribution in [0.3, 0.4) is 0 Å². The molecule has 0 amide bonds. The van der Waals surface area contributed by atoms with E-state index in [1.807, 2.05) is 0 Å². The molecule has 0 aliphatic rings. The van der Waals surface area contributed by atoms with Crippen LogP contribution in [0, 0.1) is 6.92 Å². The zero-order chi connectivity index (χ0) is 52.9. The van der Waals surface area contributed by atoms with E-state index in [4.69, 9.17) is 18.1 Å². The molecule has 380 valence electrons. The maximum absolute atomic E-state index is 7.22. The first kappa shape index (κ1) is 55.7. The van der Waals surface area contributed by atoms with Crippen molar-refractivity contribution in [1.29, 1.82) is 0 Å². The van der Waals surface area contributed by atoms with Crippen LogP contribution in [-0.4, -0.2) is 0 Å². The van der Waals surface area contributed by atoms with Crippen LogP contribution in [0.5, 0.6) is 23.0 Å². The minimum absolute atomic E-state index is 0.00722. The smallest absolute Gasteiger partial charge is 0.326 e. The Morgan fingerprint density at radius 2 is 0.606 bits per heavy atom. The molecule has 0 radical (unpaired) electrons. The molecule has 0 aliphatic heterocycles. The number of rotatable bonds is 11. The van der Waals surface area contributed by atoms with Crippen LogP contribution in [-0.2, 0) is 37.9 Å². The average Bonchev–Trinajstić information content (AvgIpc) is 3.24. The predicted molar refractivity (Wildman–Crippen MR) is 309 cm³/mol. The van der Waals surface area contributed by atoms with E-state index in [1.54, 1.807) is 0 Å². The van der Waals surface area contributed by atoms with Crippen molar-refractivity contribution in [1.82, 2.24) is 0 Å². The summed E-state index contributed by atoms with van der Waals surface area (Å²) in [5.41, 5.74) is 11.2. The number of hydrogen-bond donors (Lipinski definition) is 0. The molecule has 0 spiro atoms. The first-order valence-corrected chi connectivity index (χ1v) is 27.9. The van der Waals surface area contributed by atoms with Crippen molar-refractivity contribution in [2.24, 2.45) is 0 Å². The molecule has 0 saturated heterocycles. The number of benzene rings is 6. The highest BCUT2D eigenvalue weighted by Crippen LogP contribution is 2.49. The van der Waals surface area contributed by atoms with Gasteiger partial charge in [-0.25, -0.2) is 0 Å². The number of hydrogen-bond acceptors (Lipinski definition) is 4. The van der Waals surface area contributed by atoms with Crippen molar-refractivity contribution in [3.8, 4) is 34.1 Å². The van der Waals surface area contributed by atoms with Crippen molar-refractivity contribution in [3.05, 3.63) is 166 Å². The number of aryl methyl sites for hydroxylation is 1. The van der Waals surface area contributed by atoms with Crippen LogP contribution in [0.2, 0.25) is 0 Å². The van der Waals surface area contributed by atoms with E-state index < -0.39 is 16.8 Å². The molecule has 0 N–H and O–H groups in total. The van der Waals surface area contributed by atoms with Gasteiger partial charge in [-0.15, -0.1) is 0 Å². The Kier molecular flexibility index (Phi) is 16.0. The lowest BCUT2D eigenvalue weighted by Crippen LogP contribution is -2.20. The average molecular weight is 993 g/mol. The van der Waals surface area contributed by atoms with Crippen LogP contribution < -0.4 is 28.7 Å². The van der Waals surface area contributed by atoms with Crippen LogP contribution in [0.25, 0.3) is 11.1 Å². The Morgan fingerprint density at radius 3 is 0.944 bits per heavy atom. The summed E-state index contributed by atoms with van der Waals surface area (Å²) in [6.07, 6.45) is 0. The lowest BCUT2D eigenvalue weighted by molar-refractivity contribution is 0.465. The third kappa shape index (κ3) is 13.9. The Balaban J connectivity index is 1.46. The lowest BCUT2D eigenvalue weighted by Gasteiger charge is -2.30. The fraction of sp³-hybridized carbons (Fsp3) is 0.446. The van der Waals surface area contributed by atoms with Gasteiger partial charge in [-0.05, 0) is 121 Å². The molecule has 0 bridgehead atoms. The van der Waals surface area contributed by atoms with E-state index in [0.29, 0.717) is 0 Å². The molecule has 0 aromatic heterocycles. The quantitative estimate of drug-likeness (QED) is 0.121. The van der Waals surface area contributed by atoms with Gasteiger partial charge in [0, 0.05) is 22.3 Å². The summed E-state index contributed by atoms with van der Waals surface area (Å²) in [6, 6.07) is 44.0. The van der Waals surface area contributed by atoms with Crippen LogP contribution in [0.15, 0.2) is 121 Å². The van der Waals surface area contributed by atoms with Gasteiger partial charge in [0.25, 0.3) is 0 Å². The first-order chi connectivity index (χ1) is 32.5. The van der Waals surface area contributed by atoms with Gasteiger partial charge in [0.05, 0.1) is 10.6 Å². The summed E-state index contributed by atoms with van der Waals surface area (Å²) in [4.78, 5) is 0. The van der Waals surface area contributed by atoms with Gasteiger partial charge in [0.15, 0.2) is 0 Å². The van der Waals surface area contributed by atoms with Crippen LogP contribution >= 0.6 is 16.8 Å². The van der Waals surface area contributed by atoms with Gasteiger partial charge in [-0.3, -0.25) is 0 Å². The Hall–Kier alpha value is -4.62. The summed E-state index contributed by atoms with van der Waals surface area (Å²) in [7, 11) is -3.29. The minimum Gasteiger partial charge on any atom is -0.435 e. The fourth-order valence-electron chi connectivity index (χ4n) is 8.48. The highest BCUT2D eigenvalue weighted by Gasteiger charge is 2.32. The Morgan fingerprint density at radius 1 is 0.282 bits per heavy atom. The molecule has 0 heterocycles. The summed E-state index contributed by atoms with van der Waals surface area (Å²) < 4.78 is 28.8. The molecule has 0 saturated carbocycles. The molecule has 0 fully saturated rings. The monoisotopic (exact) mass is 993 g/mol. The normalized spacial score (nSPS) is 13.6. The molecule has 6 aromatic rings. The fourth-order valence-corrected chi connectivity index (χ4v) is 11.2. The van der Waals surface area contributed by atoms with Gasteiger partial charge in [0.1, 0.15) is 23.0 Å². The highest BCUT2D eigenvalue weighted by atomic mass is 31.2. The van der Waals surface area contributed by atoms with Crippen molar-refractivity contribution < 1.29 is 18.1 Å². The molecule has 0 aliphatic carbocycles. The maximum Gasteiger partial charge on any atom is 0.326 e. The van der Waals surface area contributed by atoms with E-state index in [-0.39, 0.29) is 37.9 Å². The summed E-state index contributed by atoms with van der Waals surface area (Å²) in [5, 5.41) is 1.97. The van der Waals surface area contributed by atoms with E-state index >= 15 is 0 Å². The molecule has 6 heteroatoms. The SMILES string of the molecule is Cc1ccc(OP(Oc2ccc(C(C)(C)C)cc2C(C)(C)C)c2cccc(-c3ccc(P(Oc4ccc(C(C)(C)C)cc4C(C)(C)C)Oc4ccc(C(C)(C)C)cc4C(C)(C)C)cc3)c2)c(C(C)(C)C)c1. The minimum atomic E-state index is -1.64. The van der Waals surface area contributed by atoms with Gasteiger partial charge in [0.2, 0.25) is 0 Å². The van der Waals surface area contributed by atoms with E-state index in [0.717, 1.165) is 67.0 Å². The molecule has 6 rings (SSSR count). The molecule has 1 atom stereocenters. The van der Waals surface area contributed by atoms with Crippen molar-refractivity contribution in [3.63, 3.8) is 0 Å². The van der Waals surface area contributed by atoms with E-state index in [9.17, 15) is 0 Å². The van der Waals surface area contributed by atoms with Gasteiger partial charge < -0.3 is 18.1 Å². The summed E-state index contributed by atoms with van der Waals surface area (Å²) in [5.74, 6) is 3.37. The first-order valence-electron chi connectivity index (χ1n) is 25.6. The van der Waals surface area contributed by atoms with E-state index in [1.165, 1.54) is 22.3 Å². The third-order valence-electron chi connectivity index (χ3n) is 13.1. The zero-order valence-corrected chi connectivity index (χ0v) is 49.4. The molecule has 4 nitrogen and oxygen atoms in total. The van der Waals surface area contributed by atoms with Gasteiger partial charge in [-0.1, -0.05) is 224 Å². The Bertz CT molecular complexity index is 2730. The topological polar surface area (TPSA) is 36.9 Å². The van der Waals surface area contributed by atoms with Crippen molar-refractivity contribution in [2.45, 2.75) is 190 Å². The Labute approximate surface area is 433 Å². The molecular weight excluding hydrogens is 907 g/mol. The van der Waals surface area contributed by atoms with Crippen molar-refractivity contribution >= 4 is 27.4 Å². The van der Waals surface area contributed by atoms with Gasteiger partial charge >= 0.3 is 16.8 Å². The summed E-state index contributed by atoms with van der Waals surface area (Å²) in [6.45, 7) is 49.6. The highest BCUT2D eigenvalue weighted by molar-refractivity contribution is 7.57. The summed E-state index contributed by atoms with van der Waals surface area (Å²) >= 11 is 0. The molecule has 1 unspecified atom stereocenters. The largest absolute Gasteiger partial charge is 0.435 e. The third-order valence-corrected chi connectivity index (χ3v) is 16.0. The zero-order valence-electron chi connectivity index (χ0n) is 47.6. The molecule has 71 heavy (non-hydrogen) atoms. The second kappa shape index (κ2) is 20.4. The second-order valence-electron chi connectivity index (χ2n) is 26.9. The molecule has 6 aromatic carbocycles. The van der Waals surface area contributed by atoms with Crippen LogP contribution in [0.1, 0.15) is 190 Å². The van der Waals surface area contributed by atoms with Crippen LogP contribution in [0.4, 0.5) is 0 Å². The second-order valence-corrected chi connectivity index (χ2v) is 29.7.